The van der Waals surface area contributed by atoms with Gasteiger partial charge in [-0.1, -0.05) is 19.3 Å². The summed E-state index contributed by atoms with van der Waals surface area (Å²) in [6.45, 7) is 5.95. The summed E-state index contributed by atoms with van der Waals surface area (Å²) in [7, 11) is -1.86. The molecule has 0 aromatic carbocycles. The average Bonchev–Trinajstić information content (AvgIpc) is 3.14. The monoisotopic (exact) mass is 242 g/mol. The molecule has 0 aromatic rings. The Balaban J connectivity index is 2.08. The molecule has 0 unspecified atom stereocenters. The predicted molar refractivity (Wildman–Crippen MR) is 68.8 cm³/mol. The van der Waals surface area contributed by atoms with Gasteiger partial charge in [0, 0.05) is 24.3 Å². The van der Waals surface area contributed by atoms with Crippen LogP contribution in [0.1, 0.15) is 58.8 Å². The highest BCUT2D eigenvalue weighted by molar-refractivity contribution is 6.71. The first kappa shape index (κ1) is 12.6. The van der Waals surface area contributed by atoms with Crippen LogP contribution >= 0.6 is 0 Å². The van der Waals surface area contributed by atoms with E-state index in [4.69, 9.17) is 8.85 Å². The highest BCUT2D eigenvalue weighted by Crippen LogP contribution is 2.54. The van der Waals surface area contributed by atoms with Gasteiger partial charge in [0.05, 0.1) is 0 Å². The van der Waals surface area contributed by atoms with Crippen LogP contribution in [-0.2, 0) is 8.85 Å². The van der Waals surface area contributed by atoms with Gasteiger partial charge >= 0.3 is 8.56 Å². The van der Waals surface area contributed by atoms with Crippen LogP contribution in [0.3, 0.4) is 0 Å². The van der Waals surface area contributed by atoms with Crippen LogP contribution in [0, 0.1) is 0 Å². The second-order valence-electron chi connectivity index (χ2n) is 5.20. The van der Waals surface area contributed by atoms with Crippen molar-refractivity contribution >= 4 is 8.56 Å². The Morgan fingerprint density at radius 1 is 0.812 bits per heavy atom. The van der Waals surface area contributed by atoms with E-state index < -0.39 is 8.56 Å². The topological polar surface area (TPSA) is 18.5 Å². The fraction of sp³-hybridized carbons (Fsp3) is 1.00. The Labute approximate surface area is 101 Å². The van der Waals surface area contributed by atoms with Gasteiger partial charge in [0.25, 0.3) is 0 Å². The molecular weight excluding hydrogens is 216 g/mol. The molecule has 0 aliphatic heterocycles. The molecule has 0 heterocycles. The van der Waals surface area contributed by atoms with Crippen molar-refractivity contribution in [2.45, 2.75) is 69.9 Å². The van der Waals surface area contributed by atoms with Gasteiger partial charge in [-0.3, -0.25) is 0 Å². The maximum absolute atomic E-state index is 6.25. The molecule has 0 radical (unpaired) electrons. The van der Waals surface area contributed by atoms with Gasteiger partial charge in [-0.25, -0.2) is 0 Å². The number of hydrogen-bond acceptors (Lipinski definition) is 2. The summed E-state index contributed by atoms with van der Waals surface area (Å²) < 4.78 is 12.5. The van der Waals surface area contributed by atoms with Crippen LogP contribution in [-0.4, -0.2) is 21.8 Å². The molecule has 2 aliphatic carbocycles. The minimum absolute atomic E-state index is 0.786. The third-order valence-corrected chi connectivity index (χ3v) is 8.97. The maximum Gasteiger partial charge on any atom is 0.344 e. The standard InChI is InChI=1S/C13H26O2Si/c1-3-14-16(15-4-2,13-10-11-13)12-8-6-5-7-9-12/h12-13H,3-11H2,1-2H3. The molecule has 0 N–H and O–H groups in total. The quantitative estimate of drug-likeness (QED) is 0.655. The summed E-state index contributed by atoms with van der Waals surface area (Å²) in [5.41, 5.74) is 1.60. The van der Waals surface area contributed by atoms with Crippen LogP contribution in [0.4, 0.5) is 0 Å². The first-order valence-electron chi connectivity index (χ1n) is 7.11. The summed E-state index contributed by atoms with van der Waals surface area (Å²) in [5, 5.41) is 0. The summed E-state index contributed by atoms with van der Waals surface area (Å²) in [6, 6.07) is 0. The lowest BCUT2D eigenvalue weighted by Crippen LogP contribution is -2.48. The molecule has 2 aliphatic rings. The molecule has 94 valence electrons. The third kappa shape index (κ3) is 2.52. The summed E-state index contributed by atoms with van der Waals surface area (Å²) in [5.74, 6) is 0. The molecule has 3 heteroatoms. The SMILES string of the molecule is CCO[Si](OCC)(C1CCCCC1)C1CC1. The van der Waals surface area contributed by atoms with Crippen LogP contribution in [0.15, 0.2) is 0 Å². The highest BCUT2D eigenvalue weighted by Gasteiger charge is 2.56. The van der Waals surface area contributed by atoms with E-state index >= 15 is 0 Å². The molecule has 0 saturated heterocycles. The van der Waals surface area contributed by atoms with E-state index in [0.717, 1.165) is 24.3 Å². The van der Waals surface area contributed by atoms with Gasteiger partial charge in [-0.2, -0.15) is 0 Å². The van der Waals surface area contributed by atoms with E-state index in [-0.39, 0.29) is 0 Å². The van der Waals surface area contributed by atoms with Gasteiger partial charge in [-0.15, -0.1) is 0 Å². The molecule has 2 nitrogen and oxygen atoms in total. The Kier molecular flexibility index (Phi) is 4.45. The molecule has 0 aromatic heterocycles. The zero-order valence-corrected chi connectivity index (χ0v) is 11.8. The highest BCUT2D eigenvalue weighted by atomic mass is 28.4. The zero-order valence-electron chi connectivity index (χ0n) is 10.8. The van der Waals surface area contributed by atoms with Gasteiger partial charge < -0.3 is 8.85 Å². The second kappa shape index (κ2) is 5.65. The van der Waals surface area contributed by atoms with Crippen molar-refractivity contribution < 1.29 is 8.85 Å². The van der Waals surface area contributed by atoms with Crippen molar-refractivity contribution in [3.8, 4) is 0 Å². The lowest BCUT2D eigenvalue weighted by molar-refractivity contribution is 0.162. The van der Waals surface area contributed by atoms with Gasteiger partial charge in [0.2, 0.25) is 0 Å². The third-order valence-electron chi connectivity index (χ3n) is 4.06. The van der Waals surface area contributed by atoms with Crippen molar-refractivity contribution in [1.29, 1.82) is 0 Å². The van der Waals surface area contributed by atoms with Crippen LogP contribution in [0.2, 0.25) is 11.1 Å². The molecule has 0 spiro atoms. The van der Waals surface area contributed by atoms with Gasteiger partial charge in [-0.05, 0) is 39.5 Å². The molecule has 0 atom stereocenters. The second-order valence-corrected chi connectivity index (χ2v) is 8.85. The van der Waals surface area contributed by atoms with E-state index in [2.05, 4.69) is 13.8 Å². The summed E-state index contributed by atoms with van der Waals surface area (Å²) in [6.07, 6.45) is 9.67. The Bertz CT molecular complexity index is 204. The van der Waals surface area contributed by atoms with E-state index in [0.29, 0.717) is 0 Å². The van der Waals surface area contributed by atoms with Crippen LogP contribution in [0.5, 0.6) is 0 Å². The molecule has 16 heavy (non-hydrogen) atoms. The van der Waals surface area contributed by atoms with Crippen LogP contribution < -0.4 is 0 Å². The van der Waals surface area contributed by atoms with Gasteiger partial charge in [0.1, 0.15) is 0 Å². The van der Waals surface area contributed by atoms with Crippen molar-refractivity contribution in [3.63, 3.8) is 0 Å². The normalized spacial score (nSPS) is 23.6. The Hall–Kier alpha value is 0.137. The van der Waals surface area contributed by atoms with E-state index in [9.17, 15) is 0 Å². The number of hydrogen-bond donors (Lipinski definition) is 0. The average molecular weight is 242 g/mol. The lowest BCUT2D eigenvalue weighted by Gasteiger charge is -2.39. The van der Waals surface area contributed by atoms with E-state index in [1.54, 1.807) is 0 Å². The number of rotatable bonds is 6. The summed E-state index contributed by atoms with van der Waals surface area (Å²) >= 11 is 0. The van der Waals surface area contributed by atoms with E-state index in [1.165, 1.54) is 44.9 Å². The smallest absolute Gasteiger partial charge is 0.344 e. The van der Waals surface area contributed by atoms with Crippen LogP contribution in [0.25, 0.3) is 0 Å². The Morgan fingerprint density at radius 3 is 1.75 bits per heavy atom. The van der Waals surface area contributed by atoms with Crippen molar-refractivity contribution in [2.24, 2.45) is 0 Å². The van der Waals surface area contributed by atoms with Crippen molar-refractivity contribution in [1.82, 2.24) is 0 Å². The molecule has 2 rings (SSSR count). The minimum atomic E-state index is -1.86. The zero-order chi connectivity index (χ0) is 11.4. The van der Waals surface area contributed by atoms with E-state index in [1.807, 2.05) is 0 Å². The maximum atomic E-state index is 6.25. The fourth-order valence-corrected chi connectivity index (χ4v) is 8.07. The van der Waals surface area contributed by atoms with Gasteiger partial charge in [0.15, 0.2) is 0 Å². The largest absolute Gasteiger partial charge is 0.394 e. The first-order chi connectivity index (χ1) is 7.83. The summed E-state index contributed by atoms with van der Waals surface area (Å²) in [4.78, 5) is 0. The first-order valence-corrected chi connectivity index (χ1v) is 9.08. The molecule has 0 amide bonds. The fourth-order valence-electron chi connectivity index (χ4n) is 3.29. The predicted octanol–water partition coefficient (Wildman–Crippen LogP) is 4.00. The minimum Gasteiger partial charge on any atom is -0.394 e. The Morgan fingerprint density at radius 2 is 1.31 bits per heavy atom. The molecule has 2 fully saturated rings. The molecule has 2 saturated carbocycles. The van der Waals surface area contributed by atoms with Crippen molar-refractivity contribution in [2.75, 3.05) is 13.2 Å². The lowest BCUT2D eigenvalue weighted by atomic mass is 10.0. The van der Waals surface area contributed by atoms with Crippen molar-refractivity contribution in [3.05, 3.63) is 0 Å². The molecular formula is C13H26O2Si. The molecule has 0 bridgehead atoms.